The number of unbranched alkanes of at least 4 members (excludes halogenated alkanes) is 4. The zero-order chi connectivity index (χ0) is 16.9. The van der Waals surface area contributed by atoms with Crippen LogP contribution < -0.4 is 0 Å². The molecule has 0 aromatic carbocycles. The first-order chi connectivity index (χ1) is 11.1. The molecule has 2 aliphatic heterocycles. The molecule has 23 heavy (non-hydrogen) atoms. The third kappa shape index (κ3) is 3.53. The van der Waals surface area contributed by atoms with E-state index in [1.807, 2.05) is 5.06 Å². The van der Waals surface area contributed by atoms with E-state index in [0.717, 1.165) is 32.2 Å². The molecule has 6 heteroatoms. The summed E-state index contributed by atoms with van der Waals surface area (Å²) in [5.41, 5.74) is -1.24. The van der Waals surface area contributed by atoms with Crippen LogP contribution in [0.1, 0.15) is 58.3 Å². The molecule has 2 unspecified atom stereocenters. The molecule has 0 aromatic rings. The van der Waals surface area contributed by atoms with Crippen molar-refractivity contribution in [3.63, 3.8) is 0 Å². The average Bonchev–Trinajstić information content (AvgIpc) is 2.60. The number of methoxy groups -OCH3 is 2. The van der Waals surface area contributed by atoms with Crippen LogP contribution in [0.4, 0.5) is 0 Å². The van der Waals surface area contributed by atoms with Crippen molar-refractivity contribution in [3.05, 3.63) is 0 Å². The maximum Gasteiger partial charge on any atom is 0.325 e. The van der Waals surface area contributed by atoms with Crippen molar-refractivity contribution < 1.29 is 23.9 Å². The number of hydrogen-bond acceptors (Lipinski definition) is 6. The molecule has 2 bridgehead atoms. The predicted octanol–water partition coefficient (Wildman–Crippen LogP) is 2.46. The number of fused-ring (bicyclic) bond motifs is 3. The minimum atomic E-state index is -1.24. The highest BCUT2D eigenvalue weighted by molar-refractivity contribution is 6.01. The van der Waals surface area contributed by atoms with Gasteiger partial charge in [-0.05, 0) is 19.3 Å². The van der Waals surface area contributed by atoms with E-state index < -0.39 is 17.4 Å². The maximum absolute atomic E-state index is 12.4. The van der Waals surface area contributed by atoms with Gasteiger partial charge in [0.25, 0.3) is 0 Å². The number of hydrogen-bond donors (Lipinski definition) is 0. The Morgan fingerprint density at radius 3 is 2.30 bits per heavy atom. The van der Waals surface area contributed by atoms with Gasteiger partial charge >= 0.3 is 11.9 Å². The van der Waals surface area contributed by atoms with Crippen LogP contribution in [0.25, 0.3) is 0 Å². The second-order valence-corrected chi connectivity index (χ2v) is 6.53. The van der Waals surface area contributed by atoms with Gasteiger partial charge < -0.3 is 9.47 Å². The predicted molar refractivity (Wildman–Crippen MR) is 84.4 cm³/mol. The van der Waals surface area contributed by atoms with Gasteiger partial charge in [0.2, 0.25) is 0 Å². The molecule has 2 heterocycles. The zero-order valence-corrected chi connectivity index (χ0v) is 14.5. The molecule has 0 N–H and O–H groups in total. The van der Waals surface area contributed by atoms with Gasteiger partial charge in [0.15, 0.2) is 5.41 Å². The number of carbonyl (C=O) groups excluding carboxylic acids is 2. The molecule has 132 valence electrons. The van der Waals surface area contributed by atoms with Crippen LogP contribution in [0.5, 0.6) is 0 Å². The average molecular weight is 327 g/mol. The summed E-state index contributed by atoms with van der Waals surface area (Å²) >= 11 is 0. The molecule has 0 radical (unpaired) electrons. The molecule has 1 saturated carbocycles. The third-order valence-electron chi connectivity index (χ3n) is 5.09. The van der Waals surface area contributed by atoms with Gasteiger partial charge in [-0.2, -0.15) is 5.06 Å². The lowest BCUT2D eigenvalue weighted by Crippen LogP contribution is -2.66. The van der Waals surface area contributed by atoms with E-state index >= 15 is 0 Å². The zero-order valence-electron chi connectivity index (χ0n) is 14.5. The van der Waals surface area contributed by atoms with Crippen molar-refractivity contribution in [1.82, 2.24) is 5.06 Å². The molecule has 0 amide bonds. The summed E-state index contributed by atoms with van der Waals surface area (Å²) in [4.78, 5) is 30.8. The molecule has 3 rings (SSSR count). The van der Waals surface area contributed by atoms with Crippen LogP contribution >= 0.6 is 0 Å². The summed E-state index contributed by atoms with van der Waals surface area (Å²) in [5.74, 6) is -1.00. The molecular weight excluding hydrogens is 298 g/mol. The molecule has 6 nitrogen and oxygen atoms in total. The standard InChI is InChI=1S/C17H29NO5/c1-4-5-6-7-8-11-18-14-10-9-13(23-18)12-17(14,15(19)21-2)16(20)22-3/h13-14H,4-12H2,1-3H3. The molecule has 3 aliphatic rings. The Morgan fingerprint density at radius 2 is 1.74 bits per heavy atom. The quantitative estimate of drug-likeness (QED) is 0.388. The molecule has 2 saturated heterocycles. The monoisotopic (exact) mass is 327 g/mol. The number of nitrogens with zero attached hydrogens (tertiary/aromatic N) is 1. The van der Waals surface area contributed by atoms with E-state index in [0.29, 0.717) is 6.42 Å². The third-order valence-corrected chi connectivity index (χ3v) is 5.09. The second kappa shape index (κ2) is 8.11. The maximum atomic E-state index is 12.4. The minimum absolute atomic E-state index is 0.117. The van der Waals surface area contributed by atoms with E-state index in [1.54, 1.807) is 0 Å². The van der Waals surface area contributed by atoms with Crippen LogP contribution in [-0.4, -0.2) is 49.9 Å². The van der Waals surface area contributed by atoms with Crippen LogP contribution in [-0.2, 0) is 23.9 Å². The van der Waals surface area contributed by atoms with Gasteiger partial charge in [0.1, 0.15) is 0 Å². The topological polar surface area (TPSA) is 65.1 Å². The molecular formula is C17H29NO5. The Hall–Kier alpha value is -1.14. The Bertz CT molecular complexity index is 409. The summed E-state index contributed by atoms with van der Waals surface area (Å²) in [6.07, 6.45) is 7.64. The lowest BCUT2D eigenvalue weighted by Gasteiger charge is -2.52. The number of carbonyl (C=O) groups is 2. The molecule has 2 atom stereocenters. The fourth-order valence-electron chi connectivity index (χ4n) is 3.90. The Labute approximate surface area is 138 Å². The number of rotatable bonds is 8. The second-order valence-electron chi connectivity index (χ2n) is 6.53. The Balaban J connectivity index is 2.09. The van der Waals surface area contributed by atoms with Gasteiger partial charge in [-0.25, -0.2) is 0 Å². The van der Waals surface area contributed by atoms with Gasteiger partial charge in [-0.1, -0.05) is 32.6 Å². The van der Waals surface area contributed by atoms with Crippen molar-refractivity contribution in [2.24, 2.45) is 5.41 Å². The highest BCUT2D eigenvalue weighted by Crippen LogP contribution is 2.47. The van der Waals surface area contributed by atoms with Gasteiger partial charge in [0.05, 0.1) is 26.4 Å². The lowest BCUT2D eigenvalue weighted by atomic mass is 9.67. The molecule has 3 fully saturated rings. The van der Waals surface area contributed by atoms with E-state index in [1.165, 1.54) is 33.5 Å². The Kier molecular flexibility index (Phi) is 6.41. The van der Waals surface area contributed by atoms with Crippen molar-refractivity contribution in [2.75, 3.05) is 20.8 Å². The van der Waals surface area contributed by atoms with Gasteiger partial charge in [-0.15, -0.1) is 0 Å². The van der Waals surface area contributed by atoms with Gasteiger partial charge in [0, 0.05) is 13.0 Å². The first kappa shape index (κ1) is 18.2. The summed E-state index contributed by atoms with van der Waals surface area (Å²) < 4.78 is 9.91. The van der Waals surface area contributed by atoms with Crippen LogP contribution in [0, 0.1) is 5.41 Å². The highest BCUT2D eigenvalue weighted by atomic mass is 16.7. The first-order valence-corrected chi connectivity index (χ1v) is 8.70. The minimum Gasteiger partial charge on any atom is -0.468 e. The number of hydroxylamine groups is 2. The van der Waals surface area contributed by atoms with Gasteiger partial charge in [-0.3, -0.25) is 14.4 Å². The van der Waals surface area contributed by atoms with Crippen LogP contribution in [0.3, 0.4) is 0 Å². The summed E-state index contributed by atoms with van der Waals surface area (Å²) in [5, 5.41) is 1.84. The fourth-order valence-corrected chi connectivity index (χ4v) is 3.90. The first-order valence-electron chi connectivity index (χ1n) is 8.70. The Morgan fingerprint density at radius 1 is 1.09 bits per heavy atom. The van der Waals surface area contributed by atoms with Crippen LogP contribution in [0.15, 0.2) is 0 Å². The number of ether oxygens (including phenoxy) is 2. The smallest absolute Gasteiger partial charge is 0.325 e. The van der Waals surface area contributed by atoms with Crippen molar-refractivity contribution in [2.45, 2.75) is 70.4 Å². The normalized spacial score (nSPS) is 26.0. The molecule has 1 aliphatic carbocycles. The van der Waals surface area contributed by atoms with E-state index in [9.17, 15) is 9.59 Å². The van der Waals surface area contributed by atoms with Crippen molar-refractivity contribution in [1.29, 1.82) is 0 Å². The van der Waals surface area contributed by atoms with E-state index in [2.05, 4.69) is 6.92 Å². The lowest BCUT2D eigenvalue weighted by molar-refractivity contribution is -0.308. The summed E-state index contributed by atoms with van der Waals surface area (Å²) in [6.45, 7) is 2.92. The fraction of sp³-hybridized carbons (Fsp3) is 0.882. The van der Waals surface area contributed by atoms with E-state index in [-0.39, 0.29) is 12.1 Å². The largest absolute Gasteiger partial charge is 0.468 e. The van der Waals surface area contributed by atoms with Crippen molar-refractivity contribution >= 4 is 11.9 Å². The highest BCUT2D eigenvalue weighted by Gasteiger charge is 2.63. The summed E-state index contributed by atoms with van der Waals surface area (Å²) in [7, 11) is 2.65. The summed E-state index contributed by atoms with van der Waals surface area (Å²) in [6, 6.07) is -0.293. The van der Waals surface area contributed by atoms with Crippen molar-refractivity contribution in [3.8, 4) is 0 Å². The van der Waals surface area contributed by atoms with E-state index in [4.69, 9.17) is 14.3 Å². The van der Waals surface area contributed by atoms with Crippen LogP contribution in [0.2, 0.25) is 0 Å². The SMILES string of the molecule is CCCCCCCN1OC2CCC1C(C(=O)OC)(C(=O)OC)C2. The molecule has 0 spiro atoms. The number of esters is 2. The molecule has 0 aromatic heterocycles.